The fourth-order valence-corrected chi connectivity index (χ4v) is 247. The minimum absolute atomic E-state index is 0.108. The Morgan fingerprint density at radius 2 is 1.06 bits per heavy atom. The van der Waals surface area contributed by atoms with Crippen LogP contribution in [0.3, 0.4) is 0 Å². The summed E-state index contributed by atoms with van der Waals surface area (Å²) in [7, 11) is 0. The molecule has 0 saturated heterocycles. The first-order valence-electron chi connectivity index (χ1n) is 5.91. The molecule has 0 radical (unpaired) electrons. The van der Waals surface area contributed by atoms with Crippen LogP contribution in [0.2, 0.25) is 6.88 Å². The van der Waals surface area contributed by atoms with Gasteiger partial charge in [0.1, 0.15) is 0 Å². The van der Waals surface area contributed by atoms with Crippen LogP contribution in [0, 0.1) is 11.8 Å². The molecule has 4 aliphatic carbocycles. The first-order chi connectivity index (χ1) is 8.61. The van der Waals surface area contributed by atoms with Crippen molar-refractivity contribution in [1.29, 1.82) is 0 Å². The van der Waals surface area contributed by atoms with E-state index < -0.39 is 0 Å². The van der Waals surface area contributed by atoms with Gasteiger partial charge in [-0.15, -0.1) is 0 Å². The van der Waals surface area contributed by atoms with E-state index in [-0.39, 0.29) is 74.5 Å². The summed E-state index contributed by atoms with van der Waals surface area (Å²) in [6.45, 7) is 0. The van der Waals surface area contributed by atoms with Crippen LogP contribution in [0.4, 0.5) is 0 Å². The maximum absolute atomic E-state index is 1.93. The van der Waals surface area contributed by atoms with Crippen molar-refractivity contribution in [2.45, 2.75) is 39.0 Å². The average molecular weight is 1810 g/mol. The zero-order chi connectivity index (χ0) is 13.0. The fraction of sp³-hybridized carbons (Fsp3) is 1.00. The van der Waals surface area contributed by atoms with Gasteiger partial charge >= 0.3 is 206 Å². The molecule has 0 amide bonds. The van der Waals surface area contributed by atoms with Gasteiger partial charge in [-0.2, -0.15) is 0 Å². The molecule has 4 bridgehead atoms. The Labute approximate surface area is 199 Å². The van der Waals surface area contributed by atoms with Gasteiger partial charge in [-0.05, 0) is 0 Å². The van der Waals surface area contributed by atoms with Crippen LogP contribution in [0.15, 0.2) is 0 Å². The molecule has 0 aliphatic heterocycles. The van der Waals surface area contributed by atoms with Crippen molar-refractivity contribution < 1.29 is 0 Å². The first-order valence-corrected chi connectivity index (χ1v) is 67.8. The Morgan fingerprint density at radius 1 is 0.667 bits per heavy atom. The van der Waals surface area contributed by atoms with E-state index in [1.54, 1.807) is 6.42 Å². The van der Waals surface area contributed by atoms with Gasteiger partial charge in [-0.1, -0.05) is 0 Å². The summed E-state index contributed by atoms with van der Waals surface area (Å²) in [6, 6.07) is 0. The molecule has 4 fully saturated rings. The first kappa shape index (κ1) is 19.9. The summed E-state index contributed by atoms with van der Waals surface area (Å²) in [6.07, 6.45) is 9.04. The molecule has 4 aliphatic rings. The topological polar surface area (TPSA) is 0 Å². The van der Waals surface area contributed by atoms with E-state index in [9.17, 15) is 0 Å². The third-order valence-corrected chi connectivity index (χ3v) is 116. The second-order valence-electron chi connectivity index (χ2n) is 5.75. The van der Waals surface area contributed by atoms with Crippen molar-refractivity contribution in [1.82, 2.24) is 0 Å². The van der Waals surface area contributed by atoms with E-state index in [2.05, 4.69) is 0 Å². The number of rotatable bonds is 4. The van der Waals surface area contributed by atoms with Gasteiger partial charge in [0.05, 0.1) is 0 Å². The van der Waals surface area contributed by atoms with Gasteiger partial charge < -0.3 is 0 Å². The van der Waals surface area contributed by atoms with Crippen molar-refractivity contribution in [2.75, 3.05) is 0 Å². The summed E-state index contributed by atoms with van der Waals surface area (Å²) in [5.74, 6) is 2.57. The van der Waals surface area contributed by atoms with Crippen LogP contribution in [0.25, 0.3) is 0 Å². The molecule has 18 heavy (non-hydrogen) atoms. The summed E-state index contributed by atoms with van der Waals surface area (Å²) in [5, 5.41) is 0. The molecule has 0 aromatic carbocycles. The summed E-state index contributed by atoms with van der Waals surface area (Å²) in [4.78, 5) is 0. The third kappa shape index (κ3) is 3.04. The molecule has 0 nitrogen and oxygen atoms in total. The molecule has 0 spiro atoms. The van der Waals surface area contributed by atoms with E-state index >= 15 is 0 Å². The zero-order valence-corrected chi connectivity index (χ0v) is 36.2. The molecule has 0 aromatic heterocycles. The minimum atomic E-state index is 0.108. The molecular weight excluding hydrogens is 1790 g/mol. The van der Waals surface area contributed by atoms with Gasteiger partial charge in [0.25, 0.3) is 0 Å². The molecule has 4 rings (SSSR count). The monoisotopic (exact) mass is 1810 g/mol. The van der Waals surface area contributed by atoms with Crippen LogP contribution in [-0.2, 0) is 0 Å². The van der Waals surface area contributed by atoms with Gasteiger partial charge in [0.2, 0.25) is 0 Å². The molecule has 0 aromatic rings. The zero-order valence-electron chi connectivity index (χ0n) is 9.61. The molecule has 0 atom stereocenters. The van der Waals surface area contributed by atoms with E-state index in [1.165, 1.54) is 18.7 Å². The van der Waals surface area contributed by atoms with Crippen molar-refractivity contribution >= 4 is 155 Å². The Balaban J connectivity index is 2.13. The second-order valence-corrected chi connectivity index (χ2v) is 49.1. The van der Waals surface area contributed by atoms with Gasteiger partial charge in [0, 0.05) is 0 Å². The van der Waals surface area contributed by atoms with Crippen molar-refractivity contribution in [3.63, 3.8) is 0 Å². The molecule has 0 heterocycles. The van der Waals surface area contributed by atoms with Crippen molar-refractivity contribution in [2.24, 2.45) is 11.8 Å². The second kappa shape index (κ2) is 8.04. The van der Waals surface area contributed by atoms with E-state index in [0.717, 1.165) is 0 Å². The average Bonchev–Trinajstić information content (AvgIpc) is 2.38. The van der Waals surface area contributed by atoms with Crippen LogP contribution >= 0.6 is 0 Å². The van der Waals surface area contributed by atoms with Gasteiger partial charge in [0.15, 0.2) is 0 Å². The predicted octanol–water partition coefficient (Wildman–Crippen LogP) is -1.28. The standard InChI is InChI=1S/C10H12.8Po.4H/c1-7-2-9-4-8(1)5-10(3-7)6-9;;;;;;;;;;;;/h7-8H,1-5H2;;;;;;;;;;;;. The van der Waals surface area contributed by atoms with Crippen LogP contribution in [-0.4, -0.2) is 155 Å². The van der Waals surface area contributed by atoms with Crippen molar-refractivity contribution in [3.05, 3.63) is 0 Å². The SMILES string of the molecule is [PoH][Po][C]12CC3CC(C1)C[C]([Po][PoH])(C3)[C]2([Po][PoH])[Po][PoH]. The predicted molar refractivity (Wildman–Crippen MR) is 89.8 cm³/mol. The quantitative estimate of drug-likeness (QED) is 0.330. The Bertz CT molecular complexity index is 301. The van der Waals surface area contributed by atoms with Crippen molar-refractivity contribution in [3.8, 4) is 0 Å². The molecule has 104 valence electrons. The van der Waals surface area contributed by atoms with Crippen LogP contribution in [0.1, 0.15) is 32.1 Å². The Hall–Kier alpha value is 7.17. The molecule has 4 saturated carbocycles. The van der Waals surface area contributed by atoms with E-state index in [0.29, 0.717) is 0 Å². The fourth-order valence-electron chi connectivity index (χ4n) is 4.55. The molecule has 8 heteroatoms. The normalized spacial score (nSPS) is 48.7. The number of hydrogen-bond donors (Lipinski definition) is 0. The van der Waals surface area contributed by atoms with Crippen LogP contribution in [0.5, 0.6) is 0 Å². The van der Waals surface area contributed by atoms with E-state index in [4.69, 9.17) is 0 Å². The Morgan fingerprint density at radius 3 is 1.33 bits per heavy atom. The summed E-state index contributed by atoms with van der Waals surface area (Å²) < 4.78 is 3.71. The molecule has 0 unspecified atom stereocenters. The molecular formula is C10H16Po8. The summed E-state index contributed by atoms with van der Waals surface area (Å²) >= 11 is 8.16. The van der Waals surface area contributed by atoms with Gasteiger partial charge in [-0.3, -0.25) is 0 Å². The maximum atomic E-state index is 1.93. The van der Waals surface area contributed by atoms with Crippen LogP contribution < -0.4 is 0 Å². The summed E-state index contributed by atoms with van der Waals surface area (Å²) in [5.41, 5.74) is 0. The van der Waals surface area contributed by atoms with E-state index in [1.807, 2.05) is 106 Å². The Kier molecular flexibility index (Phi) is 8.90. The molecule has 0 N–H and O–H groups in total. The number of hydrogen-bond acceptors (Lipinski definition) is 0. The third-order valence-electron chi connectivity index (χ3n) is 4.95. The van der Waals surface area contributed by atoms with Gasteiger partial charge in [-0.25, -0.2) is 0 Å².